The van der Waals surface area contributed by atoms with Crippen molar-refractivity contribution in [2.45, 2.75) is 31.9 Å². The molecular weight excluding hydrogens is 280 g/mol. The fourth-order valence-electron chi connectivity index (χ4n) is 3.35. The molecule has 3 rings (SSSR count). The lowest BCUT2D eigenvalue weighted by molar-refractivity contribution is -0.00637. The van der Waals surface area contributed by atoms with Crippen molar-refractivity contribution in [1.29, 1.82) is 0 Å². The number of piperidine rings is 1. The van der Waals surface area contributed by atoms with Crippen LogP contribution in [0.2, 0.25) is 0 Å². The first kappa shape index (κ1) is 15.0. The van der Waals surface area contributed by atoms with Gasteiger partial charge in [0.1, 0.15) is 0 Å². The molecule has 114 valence electrons. The minimum Gasteiger partial charge on any atom is -0.377 e. The van der Waals surface area contributed by atoms with Gasteiger partial charge < -0.3 is 10.5 Å². The third kappa shape index (κ3) is 3.14. The van der Waals surface area contributed by atoms with Gasteiger partial charge in [0.2, 0.25) is 0 Å². The molecule has 2 aromatic rings. The molecule has 3 nitrogen and oxygen atoms in total. The zero-order valence-electron chi connectivity index (χ0n) is 12.6. The molecule has 2 unspecified atom stereocenters. The molecule has 4 heteroatoms. The van der Waals surface area contributed by atoms with Gasteiger partial charge in [-0.3, -0.25) is 4.90 Å². The summed E-state index contributed by atoms with van der Waals surface area (Å²) in [7, 11) is 0. The first-order valence-electron chi connectivity index (χ1n) is 7.85. The number of likely N-dealkylation sites (tertiary alicyclic amines) is 1. The van der Waals surface area contributed by atoms with E-state index in [1.807, 2.05) is 11.3 Å². The number of nitrogens with two attached hydrogens (primary N) is 1. The third-order valence-electron chi connectivity index (χ3n) is 4.35. The minimum absolute atomic E-state index is 0.310. The van der Waals surface area contributed by atoms with Crippen LogP contribution in [0.1, 0.15) is 31.4 Å². The summed E-state index contributed by atoms with van der Waals surface area (Å²) >= 11 is 1.82. The predicted octanol–water partition coefficient (Wildman–Crippen LogP) is 3.40. The highest BCUT2D eigenvalue weighted by molar-refractivity contribution is 7.17. The Hall–Kier alpha value is -0.940. The number of ether oxygens (including phenoxy) is 1. The lowest BCUT2D eigenvalue weighted by Gasteiger charge is -2.37. The highest BCUT2D eigenvalue weighted by atomic mass is 32.1. The van der Waals surface area contributed by atoms with Gasteiger partial charge in [-0.15, -0.1) is 11.3 Å². The van der Waals surface area contributed by atoms with Crippen molar-refractivity contribution in [3.8, 4) is 0 Å². The second kappa shape index (κ2) is 6.88. The predicted molar refractivity (Wildman–Crippen MR) is 89.8 cm³/mol. The molecule has 0 saturated carbocycles. The van der Waals surface area contributed by atoms with Crippen LogP contribution >= 0.6 is 11.3 Å². The van der Waals surface area contributed by atoms with Gasteiger partial charge in [0, 0.05) is 30.4 Å². The van der Waals surface area contributed by atoms with Crippen LogP contribution in [0.15, 0.2) is 29.6 Å². The van der Waals surface area contributed by atoms with Crippen LogP contribution in [0, 0.1) is 0 Å². The fourth-order valence-corrected chi connectivity index (χ4v) is 4.36. The van der Waals surface area contributed by atoms with Gasteiger partial charge in [-0.05, 0) is 48.7 Å². The van der Waals surface area contributed by atoms with E-state index in [1.165, 1.54) is 28.5 Å². The molecule has 0 aliphatic carbocycles. The average Bonchev–Trinajstić information content (AvgIpc) is 2.93. The average molecular weight is 304 g/mol. The Bertz CT molecular complexity index is 581. The van der Waals surface area contributed by atoms with Crippen LogP contribution in [0.5, 0.6) is 0 Å². The summed E-state index contributed by atoms with van der Waals surface area (Å²) in [6, 6.07) is 8.94. The number of thiophene rings is 1. The van der Waals surface area contributed by atoms with E-state index in [0.29, 0.717) is 18.7 Å². The van der Waals surface area contributed by atoms with E-state index < -0.39 is 0 Å². The number of nitrogens with zero attached hydrogens (tertiary/aromatic N) is 1. The van der Waals surface area contributed by atoms with Crippen LogP contribution in [0.25, 0.3) is 10.1 Å². The monoisotopic (exact) mass is 304 g/mol. The Morgan fingerprint density at radius 3 is 3.10 bits per heavy atom. The molecule has 1 aromatic carbocycles. The van der Waals surface area contributed by atoms with Crippen LogP contribution in [-0.4, -0.2) is 37.2 Å². The summed E-state index contributed by atoms with van der Waals surface area (Å²) in [6.45, 7) is 5.66. The number of fused-ring (bicyclic) bond motifs is 1. The van der Waals surface area contributed by atoms with Gasteiger partial charge in [0.25, 0.3) is 0 Å². The summed E-state index contributed by atoms with van der Waals surface area (Å²) in [5, 5.41) is 3.64. The van der Waals surface area contributed by atoms with Crippen molar-refractivity contribution in [2.75, 3.05) is 26.2 Å². The third-order valence-corrected chi connectivity index (χ3v) is 5.33. The molecule has 1 aliphatic heterocycles. The van der Waals surface area contributed by atoms with E-state index in [2.05, 4.69) is 41.5 Å². The molecule has 1 aliphatic rings. The molecule has 2 atom stereocenters. The Morgan fingerprint density at radius 2 is 2.29 bits per heavy atom. The van der Waals surface area contributed by atoms with Crippen LogP contribution in [0.3, 0.4) is 0 Å². The molecule has 1 aromatic heterocycles. The topological polar surface area (TPSA) is 38.5 Å². The van der Waals surface area contributed by atoms with Gasteiger partial charge in [-0.1, -0.05) is 18.2 Å². The Kier molecular flexibility index (Phi) is 4.91. The highest BCUT2D eigenvalue weighted by Gasteiger charge is 2.27. The quantitative estimate of drug-likeness (QED) is 0.920. The van der Waals surface area contributed by atoms with Crippen molar-refractivity contribution in [1.82, 2.24) is 4.90 Å². The maximum Gasteiger partial charge on any atom is 0.0702 e. The molecule has 0 amide bonds. The van der Waals surface area contributed by atoms with Crippen molar-refractivity contribution < 1.29 is 4.74 Å². The van der Waals surface area contributed by atoms with Crippen molar-refractivity contribution in [2.24, 2.45) is 5.73 Å². The smallest absolute Gasteiger partial charge is 0.0702 e. The van der Waals surface area contributed by atoms with E-state index in [1.54, 1.807) is 0 Å². The molecule has 21 heavy (non-hydrogen) atoms. The SMILES string of the molecule is CCOC1CCCN(C(CN)c2csc3ccccc23)C1. The minimum atomic E-state index is 0.310. The Balaban J connectivity index is 1.84. The van der Waals surface area contributed by atoms with Gasteiger partial charge in [-0.25, -0.2) is 0 Å². The largest absolute Gasteiger partial charge is 0.377 e. The standard InChI is InChI=1S/C17H24N2OS/c1-2-20-13-6-5-9-19(11-13)16(10-18)15-12-21-17-8-4-3-7-14(15)17/h3-4,7-8,12-13,16H,2,5-6,9-11,18H2,1H3. The lowest BCUT2D eigenvalue weighted by atomic mass is 10.00. The molecule has 1 fully saturated rings. The van der Waals surface area contributed by atoms with E-state index in [0.717, 1.165) is 19.7 Å². The molecular formula is C17H24N2OS. The Labute approximate surface area is 130 Å². The number of rotatable bonds is 5. The van der Waals surface area contributed by atoms with Crippen molar-refractivity contribution >= 4 is 21.4 Å². The van der Waals surface area contributed by atoms with E-state index in [4.69, 9.17) is 10.5 Å². The van der Waals surface area contributed by atoms with Gasteiger partial charge in [0.05, 0.1) is 6.10 Å². The normalized spacial score (nSPS) is 21.7. The number of hydrogen-bond acceptors (Lipinski definition) is 4. The maximum absolute atomic E-state index is 6.13. The second-order valence-electron chi connectivity index (χ2n) is 5.65. The lowest BCUT2D eigenvalue weighted by Crippen LogP contribution is -2.44. The van der Waals surface area contributed by atoms with Crippen LogP contribution in [0.4, 0.5) is 0 Å². The van der Waals surface area contributed by atoms with Gasteiger partial charge in [-0.2, -0.15) is 0 Å². The number of hydrogen-bond donors (Lipinski definition) is 1. The van der Waals surface area contributed by atoms with Crippen LogP contribution in [-0.2, 0) is 4.74 Å². The number of benzene rings is 1. The van der Waals surface area contributed by atoms with E-state index >= 15 is 0 Å². The first-order chi connectivity index (χ1) is 10.3. The van der Waals surface area contributed by atoms with E-state index in [9.17, 15) is 0 Å². The molecule has 0 bridgehead atoms. The fraction of sp³-hybridized carbons (Fsp3) is 0.529. The maximum atomic E-state index is 6.13. The molecule has 0 spiro atoms. The Morgan fingerprint density at radius 1 is 1.43 bits per heavy atom. The van der Waals surface area contributed by atoms with Crippen LogP contribution < -0.4 is 5.73 Å². The van der Waals surface area contributed by atoms with E-state index in [-0.39, 0.29) is 0 Å². The molecule has 0 radical (unpaired) electrons. The summed E-state index contributed by atoms with van der Waals surface area (Å²) in [6.07, 6.45) is 2.73. The van der Waals surface area contributed by atoms with Gasteiger partial charge in [0.15, 0.2) is 0 Å². The highest BCUT2D eigenvalue weighted by Crippen LogP contribution is 2.34. The van der Waals surface area contributed by atoms with Crippen molar-refractivity contribution in [3.63, 3.8) is 0 Å². The van der Waals surface area contributed by atoms with Gasteiger partial charge >= 0.3 is 0 Å². The molecule has 2 N–H and O–H groups in total. The summed E-state index contributed by atoms with van der Waals surface area (Å²) < 4.78 is 7.18. The summed E-state index contributed by atoms with van der Waals surface area (Å²) in [5.41, 5.74) is 7.51. The van der Waals surface area contributed by atoms with Crippen molar-refractivity contribution in [3.05, 3.63) is 35.2 Å². The summed E-state index contributed by atoms with van der Waals surface area (Å²) in [5.74, 6) is 0. The molecule has 1 saturated heterocycles. The molecule has 2 heterocycles. The second-order valence-corrected chi connectivity index (χ2v) is 6.56. The first-order valence-corrected chi connectivity index (χ1v) is 8.73. The zero-order valence-corrected chi connectivity index (χ0v) is 13.4. The summed E-state index contributed by atoms with van der Waals surface area (Å²) in [4.78, 5) is 2.51. The zero-order chi connectivity index (χ0) is 14.7.